The number of carbonyl (C=O) groups is 1. The number of benzene rings is 1. The molecule has 0 amide bonds. The lowest BCUT2D eigenvalue weighted by molar-refractivity contribution is -0.139. The average Bonchev–Trinajstić information content (AvgIpc) is 2.28. The van der Waals surface area contributed by atoms with E-state index in [4.69, 9.17) is 4.74 Å². The molecule has 0 bridgehead atoms. The molecule has 0 saturated carbocycles. The molecule has 0 saturated heterocycles. The number of methoxy groups -OCH3 is 1. The van der Waals surface area contributed by atoms with E-state index in [2.05, 4.69) is 5.32 Å². The van der Waals surface area contributed by atoms with Gasteiger partial charge in [-0.1, -0.05) is 29.8 Å². The molecule has 0 heterocycles. The molecule has 0 radical (unpaired) electrons. The standard InChI is InChI=1S/C13H19NO3/c1-10-5-3-6-11(9-10)12(13(15)16)14-7-4-8-17-2/h3,5-6,9,12,14H,4,7-8H2,1-2H3,(H,15,16). The topological polar surface area (TPSA) is 58.6 Å². The van der Waals surface area contributed by atoms with Crippen LogP contribution in [0.25, 0.3) is 0 Å². The molecule has 4 nitrogen and oxygen atoms in total. The third kappa shape index (κ3) is 4.54. The molecule has 0 aliphatic heterocycles. The maximum absolute atomic E-state index is 11.2. The average molecular weight is 237 g/mol. The van der Waals surface area contributed by atoms with Crippen molar-refractivity contribution in [2.24, 2.45) is 0 Å². The van der Waals surface area contributed by atoms with Gasteiger partial charge in [-0.15, -0.1) is 0 Å². The molecule has 4 heteroatoms. The molecule has 0 spiro atoms. The number of aryl methyl sites for hydroxylation is 1. The smallest absolute Gasteiger partial charge is 0.325 e. The van der Waals surface area contributed by atoms with Crippen molar-refractivity contribution in [3.05, 3.63) is 35.4 Å². The molecule has 1 aromatic rings. The summed E-state index contributed by atoms with van der Waals surface area (Å²) in [6.07, 6.45) is 0.798. The summed E-state index contributed by atoms with van der Waals surface area (Å²) in [4.78, 5) is 11.2. The predicted octanol–water partition coefficient (Wildman–Crippen LogP) is 1.75. The molecule has 94 valence electrons. The van der Waals surface area contributed by atoms with Gasteiger partial charge in [0, 0.05) is 13.7 Å². The Bertz CT molecular complexity index is 365. The van der Waals surface area contributed by atoms with Crippen molar-refractivity contribution >= 4 is 5.97 Å². The van der Waals surface area contributed by atoms with Crippen molar-refractivity contribution in [3.63, 3.8) is 0 Å². The van der Waals surface area contributed by atoms with Crippen molar-refractivity contribution in [2.75, 3.05) is 20.3 Å². The fraction of sp³-hybridized carbons (Fsp3) is 0.462. The first-order valence-corrected chi connectivity index (χ1v) is 5.67. The zero-order chi connectivity index (χ0) is 12.7. The third-order valence-electron chi connectivity index (χ3n) is 2.50. The monoisotopic (exact) mass is 237 g/mol. The Kier molecular flexibility index (Phi) is 5.66. The lowest BCUT2D eigenvalue weighted by atomic mass is 10.0. The van der Waals surface area contributed by atoms with Crippen molar-refractivity contribution in [2.45, 2.75) is 19.4 Å². The molecule has 0 aliphatic carbocycles. The molecule has 0 fully saturated rings. The maximum Gasteiger partial charge on any atom is 0.325 e. The molecule has 17 heavy (non-hydrogen) atoms. The molecule has 1 aromatic carbocycles. The summed E-state index contributed by atoms with van der Waals surface area (Å²) in [5, 5.41) is 12.2. The van der Waals surface area contributed by atoms with Crippen LogP contribution in [-0.4, -0.2) is 31.3 Å². The molecular formula is C13H19NO3. The second kappa shape index (κ2) is 7.04. The molecule has 1 rings (SSSR count). The highest BCUT2D eigenvalue weighted by Crippen LogP contribution is 2.14. The van der Waals surface area contributed by atoms with Crippen molar-refractivity contribution in [1.82, 2.24) is 5.32 Å². The van der Waals surface area contributed by atoms with Crippen LogP contribution in [0, 0.1) is 6.92 Å². The minimum atomic E-state index is -0.854. The van der Waals surface area contributed by atoms with Gasteiger partial charge in [0.25, 0.3) is 0 Å². The summed E-state index contributed by atoms with van der Waals surface area (Å²) in [6, 6.07) is 6.90. The molecular weight excluding hydrogens is 218 g/mol. The van der Waals surface area contributed by atoms with E-state index in [9.17, 15) is 9.90 Å². The van der Waals surface area contributed by atoms with Gasteiger partial charge in [-0.25, -0.2) is 0 Å². The summed E-state index contributed by atoms with van der Waals surface area (Å²) < 4.78 is 4.92. The number of hydrogen-bond acceptors (Lipinski definition) is 3. The first-order chi connectivity index (χ1) is 8.15. The van der Waals surface area contributed by atoms with Gasteiger partial charge in [-0.3, -0.25) is 4.79 Å². The second-order valence-corrected chi connectivity index (χ2v) is 3.99. The van der Waals surface area contributed by atoms with Gasteiger partial charge in [0.1, 0.15) is 6.04 Å². The Balaban J connectivity index is 2.63. The Morgan fingerprint density at radius 1 is 1.53 bits per heavy atom. The first-order valence-electron chi connectivity index (χ1n) is 5.67. The zero-order valence-electron chi connectivity index (χ0n) is 10.3. The van der Waals surface area contributed by atoms with Crippen LogP contribution >= 0.6 is 0 Å². The predicted molar refractivity (Wildman–Crippen MR) is 66.1 cm³/mol. The van der Waals surface area contributed by atoms with E-state index < -0.39 is 12.0 Å². The SMILES string of the molecule is COCCCNC(C(=O)O)c1cccc(C)c1. The number of hydrogen-bond donors (Lipinski definition) is 2. The van der Waals surface area contributed by atoms with E-state index in [0.717, 1.165) is 17.5 Å². The van der Waals surface area contributed by atoms with E-state index in [1.165, 1.54) is 0 Å². The minimum Gasteiger partial charge on any atom is -0.480 e. The number of aliphatic carboxylic acids is 1. The fourth-order valence-corrected chi connectivity index (χ4v) is 1.66. The summed E-state index contributed by atoms with van der Waals surface area (Å²) in [5.74, 6) is -0.854. The van der Waals surface area contributed by atoms with Crippen molar-refractivity contribution in [3.8, 4) is 0 Å². The van der Waals surface area contributed by atoms with Gasteiger partial charge in [-0.05, 0) is 25.5 Å². The minimum absolute atomic E-state index is 0.624. The maximum atomic E-state index is 11.2. The van der Waals surface area contributed by atoms with Crippen molar-refractivity contribution < 1.29 is 14.6 Å². The lowest BCUT2D eigenvalue weighted by Crippen LogP contribution is -2.29. The van der Waals surface area contributed by atoms with Gasteiger partial charge in [0.15, 0.2) is 0 Å². The summed E-state index contributed by atoms with van der Waals surface area (Å²) in [5.41, 5.74) is 1.85. The molecule has 1 atom stereocenters. The Labute approximate surface area is 102 Å². The fourth-order valence-electron chi connectivity index (χ4n) is 1.66. The third-order valence-corrected chi connectivity index (χ3v) is 2.50. The van der Waals surface area contributed by atoms with Crippen LogP contribution in [-0.2, 0) is 9.53 Å². The molecule has 0 aliphatic rings. The normalized spacial score (nSPS) is 12.4. The van der Waals surface area contributed by atoms with Gasteiger partial charge >= 0.3 is 5.97 Å². The van der Waals surface area contributed by atoms with Crippen LogP contribution < -0.4 is 5.32 Å². The van der Waals surface area contributed by atoms with Crippen LogP contribution in [0.3, 0.4) is 0 Å². The molecule has 2 N–H and O–H groups in total. The van der Waals surface area contributed by atoms with Crippen LogP contribution in [0.5, 0.6) is 0 Å². The summed E-state index contributed by atoms with van der Waals surface area (Å²) in [7, 11) is 1.63. The largest absolute Gasteiger partial charge is 0.480 e. The highest BCUT2D eigenvalue weighted by Gasteiger charge is 2.18. The number of rotatable bonds is 7. The highest BCUT2D eigenvalue weighted by molar-refractivity contribution is 5.75. The van der Waals surface area contributed by atoms with Gasteiger partial charge in [0.2, 0.25) is 0 Å². The molecule has 0 aromatic heterocycles. The highest BCUT2D eigenvalue weighted by atomic mass is 16.5. The Morgan fingerprint density at radius 3 is 2.88 bits per heavy atom. The summed E-state index contributed by atoms with van der Waals surface area (Å²) in [6.45, 7) is 3.21. The van der Waals surface area contributed by atoms with Crippen LogP contribution in [0.4, 0.5) is 0 Å². The van der Waals surface area contributed by atoms with E-state index in [-0.39, 0.29) is 0 Å². The zero-order valence-corrected chi connectivity index (χ0v) is 10.3. The number of nitrogens with one attached hydrogen (secondary N) is 1. The van der Waals surface area contributed by atoms with Crippen LogP contribution in [0.1, 0.15) is 23.6 Å². The van der Waals surface area contributed by atoms with E-state index >= 15 is 0 Å². The second-order valence-electron chi connectivity index (χ2n) is 3.99. The van der Waals surface area contributed by atoms with Gasteiger partial charge < -0.3 is 15.2 Å². The number of carboxylic acids is 1. The quantitative estimate of drug-likeness (QED) is 0.709. The number of carboxylic acid groups (broad SMARTS) is 1. The van der Waals surface area contributed by atoms with Crippen LogP contribution in [0.15, 0.2) is 24.3 Å². The van der Waals surface area contributed by atoms with Gasteiger partial charge in [-0.2, -0.15) is 0 Å². The Morgan fingerprint density at radius 2 is 2.29 bits per heavy atom. The van der Waals surface area contributed by atoms with Gasteiger partial charge in [0.05, 0.1) is 0 Å². The lowest BCUT2D eigenvalue weighted by Gasteiger charge is -2.15. The van der Waals surface area contributed by atoms with E-state index in [1.54, 1.807) is 7.11 Å². The molecule has 1 unspecified atom stereocenters. The first kappa shape index (κ1) is 13.7. The van der Waals surface area contributed by atoms with E-state index in [1.807, 2.05) is 31.2 Å². The number of ether oxygens (including phenoxy) is 1. The Hall–Kier alpha value is -1.39. The summed E-state index contributed by atoms with van der Waals surface area (Å²) >= 11 is 0. The van der Waals surface area contributed by atoms with Crippen molar-refractivity contribution in [1.29, 1.82) is 0 Å². The van der Waals surface area contributed by atoms with Crippen LogP contribution in [0.2, 0.25) is 0 Å². The van der Waals surface area contributed by atoms with E-state index in [0.29, 0.717) is 13.2 Å².